The summed E-state index contributed by atoms with van der Waals surface area (Å²) in [5.74, 6) is -6.01. The summed E-state index contributed by atoms with van der Waals surface area (Å²) in [7, 11) is 0. The number of nitrogens with one attached hydrogen (secondary N) is 1. The topological polar surface area (TPSA) is 181 Å². The summed E-state index contributed by atoms with van der Waals surface area (Å²) in [6.07, 6.45) is 2.26. The molecule has 47 heavy (non-hydrogen) atoms. The van der Waals surface area contributed by atoms with Crippen LogP contribution < -0.4 is 5.32 Å². The van der Waals surface area contributed by atoms with E-state index in [1.807, 2.05) is 0 Å². The van der Waals surface area contributed by atoms with E-state index in [2.05, 4.69) is 5.32 Å². The van der Waals surface area contributed by atoms with Crippen LogP contribution >= 0.6 is 0 Å². The van der Waals surface area contributed by atoms with E-state index >= 15 is 0 Å². The van der Waals surface area contributed by atoms with Crippen LogP contribution in [0.2, 0.25) is 0 Å². The largest absolute Gasteiger partial charge is 0.507 e. The van der Waals surface area contributed by atoms with Crippen LogP contribution in [0.3, 0.4) is 0 Å². The highest BCUT2D eigenvalue weighted by atomic mass is 16.3. The number of ketones is 3. The van der Waals surface area contributed by atoms with Crippen molar-refractivity contribution in [1.29, 1.82) is 0 Å². The maximum absolute atomic E-state index is 13.8. The molecule has 0 aromatic heterocycles. The van der Waals surface area contributed by atoms with Gasteiger partial charge in [0.1, 0.15) is 5.75 Å². The number of aromatic hydroxyl groups is 1. The molecule has 0 fully saturated rings. The Morgan fingerprint density at radius 3 is 1.85 bits per heavy atom. The van der Waals surface area contributed by atoms with Crippen LogP contribution in [0.15, 0.2) is 52.8 Å². The number of Topliss-reactive ketones (excluding diaryl/α,β-unsaturated/α-hetero) is 3. The summed E-state index contributed by atoms with van der Waals surface area (Å²) in [6, 6.07) is 1.32. The number of phenols is 1. The maximum atomic E-state index is 13.8. The highest BCUT2D eigenvalue weighted by Crippen LogP contribution is 2.37. The van der Waals surface area contributed by atoms with E-state index in [1.54, 1.807) is 52.8 Å². The first-order chi connectivity index (χ1) is 21.8. The number of hydrogen-bond donors (Lipinski definition) is 6. The summed E-state index contributed by atoms with van der Waals surface area (Å²) in [6.45, 7) is 14.4. The molecule has 256 valence electrons. The van der Waals surface area contributed by atoms with E-state index in [-0.39, 0.29) is 51.1 Å². The van der Waals surface area contributed by atoms with E-state index in [0.29, 0.717) is 0 Å². The molecule has 6 N–H and O–H groups in total. The van der Waals surface area contributed by atoms with Crippen molar-refractivity contribution >= 4 is 23.3 Å². The van der Waals surface area contributed by atoms with Crippen LogP contribution in [0.4, 0.5) is 0 Å². The molecule has 9 unspecified atom stereocenters. The van der Waals surface area contributed by atoms with Crippen molar-refractivity contribution in [1.82, 2.24) is 5.32 Å². The van der Waals surface area contributed by atoms with Gasteiger partial charge in [0.25, 0.3) is 5.91 Å². The highest BCUT2D eigenvalue weighted by Gasteiger charge is 2.39. The predicted octanol–water partition coefficient (Wildman–Crippen LogP) is 4.13. The first-order valence-corrected chi connectivity index (χ1v) is 16.1. The highest BCUT2D eigenvalue weighted by molar-refractivity contribution is 6.31. The number of phenolic OH excluding ortho intramolecular Hbond substituents is 1. The van der Waals surface area contributed by atoms with Gasteiger partial charge in [-0.1, -0.05) is 58.9 Å². The Bertz CT molecular complexity index is 1570. The zero-order chi connectivity index (χ0) is 35.7. The predicted molar refractivity (Wildman–Crippen MR) is 178 cm³/mol. The normalized spacial score (nSPS) is 32.8. The van der Waals surface area contributed by atoms with Gasteiger partial charge in [-0.15, -0.1) is 0 Å². The Balaban J connectivity index is 2.15. The Labute approximate surface area is 276 Å². The van der Waals surface area contributed by atoms with Gasteiger partial charge in [-0.2, -0.15) is 0 Å². The van der Waals surface area contributed by atoms with E-state index in [9.17, 15) is 44.7 Å². The number of carbonyl (C=O) groups is 4. The standard InChI is InChI=1S/C37H49NO9/c1-16-11-10-12-19(4)37(47)38-28-21(6)35(45)26-25(36(28)46)15-20(5)32(42)27(26)31(41)18(3)14-13-17(2)30(40)23(8)34(44)24(9)33(43)22(7)29(16)39/h10-12,14-17,22-24,29-30,33-34,39-40,42-44H,13H2,1-9H3,(H,38,47)/b11-10+,18-14?,19-12?. The van der Waals surface area contributed by atoms with Gasteiger partial charge in [-0.05, 0) is 57.2 Å². The fraction of sp³-hybridized carbons (Fsp3) is 0.514. The van der Waals surface area contributed by atoms with Crippen LogP contribution in [-0.4, -0.2) is 73.2 Å². The number of benzene rings is 1. The third-order valence-corrected chi connectivity index (χ3v) is 10.00. The minimum Gasteiger partial charge on any atom is -0.507 e. The molecule has 1 aromatic carbocycles. The molecular formula is C37H49NO9. The van der Waals surface area contributed by atoms with Crippen molar-refractivity contribution in [3.8, 4) is 5.75 Å². The average Bonchev–Trinajstić information content (AvgIpc) is 3.05. The van der Waals surface area contributed by atoms with Gasteiger partial charge < -0.3 is 30.8 Å². The number of amides is 1. The van der Waals surface area contributed by atoms with Crippen molar-refractivity contribution in [3.63, 3.8) is 0 Å². The smallest absolute Gasteiger partial charge is 0.251 e. The zero-order valence-electron chi connectivity index (χ0n) is 28.7. The minimum atomic E-state index is -1.12. The number of carbonyl (C=O) groups excluding carboxylic acids is 4. The molecule has 0 saturated carbocycles. The molecule has 10 nitrogen and oxygen atoms in total. The van der Waals surface area contributed by atoms with Gasteiger partial charge in [0.2, 0.25) is 5.78 Å². The van der Waals surface area contributed by atoms with E-state index in [4.69, 9.17) is 0 Å². The van der Waals surface area contributed by atoms with Gasteiger partial charge in [0, 0.05) is 45.9 Å². The summed E-state index contributed by atoms with van der Waals surface area (Å²) in [5, 5.41) is 57.9. The van der Waals surface area contributed by atoms with Gasteiger partial charge in [0.05, 0.1) is 35.7 Å². The van der Waals surface area contributed by atoms with E-state index in [1.165, 1.54) is 39.8 Å². The number of rotatable bonds is 0. The van der Waals surface area contributed by atoms with Crippen LogP contribution in [-0.2, 0) is 4.79 Å². The van der Waals surface area contributed by atoms with Crippen molar-refractivity contribution in [2.24, 2.45) is 29.6 Å². The summed E-state index contributed by atoms with van der Waals surface area (Å²) in [4.78, 5) is 54.2. The molecule has 2 aliphatic heterocycles. The molecule has 10 heteroatoms. The van der Waals surface area contributed by atoms with Crippen LogP contribution in [0.1, 0.15) is 98.4 Å². The van der Waals surface area contributed by atoms with Crippen molar-refractivity contribution < 1.29 is 44.7 Å². The number of fused-ring (bicyclic) bond motifs is 16. The van der Waals surface area contributed by atoms with Gasteiger partial charge in [-0.3, -0.25) is 19.2 Å². The minimum absolute atomic E-state index is 0.0876. The second-order valence-corrected chi connectivity index (χ2v) is 13.5. The molecule has 4 bridgehead atoms. The lowest BCUT2D eigenvalue weighted by Gasteiger charge is -2.37. The molecule has 0 radical (unpaired) electrons. The monoisotopic (exact) mass is 651 g/mol. The number of aliphatic hydroxyl groups excluding tert-OH is 4. The second-order valence-electron chi connectivity index (χ2n) is 13.5. The average molecular weight is 652 g/mol. The fourth-order valence-electron chi connectivity index (χ4n) is 6.33. The first kappa shape index (κ1) is 37.8. The van der Waals surface area contributed by atoms with Gasteiger partial charge >= 0.3 is 0 Å². The number of aryl methyl sites for hydroxylation is 1. The van der Waals surface area contributed by atoms with E-state index < -0.39 is 83.0 Å². The van der Waals surface area contributed by atoms with Gasteiger partial charge in [-0.25, -0.2) is 0 Å². The lowest BCUT2D eigenvalue weighted by Crippen LogP contribution is -2.45. The Hall–Kier alpha value is -3.70. The number of hydrogen-bond acceptors (Lipinski definition) is 9. The Morgan fingerprint density at radius 1 is 0.702 bits per heavy atom. The van der Waals surface area contributed by atoms with Gasteiger partial charge in [0.15, 0.2) is 11.6 Å². The Kier molecular flexibility index (Phi) is 12.1. The summed E-state index contributed by atoms with van der Waals surface area (Å²) in [5.41, 5.74) is -0.405. The third-order valence-electron chi connectivity index (χ3n) is 10.00. The molecule has 1 amide bonds. The molecule has 2 heterocycles. The molecule has 4 rings (SSSR count). The lowest BCUT2D eigenvalue weighted by atomic mass is 9.76. The molecule has 3 aliphatic rings. The molecule has 1 aliphatic carbocycles. The molecule has 0 saturated heterocycles. The molecule has 1 aromatic rings. The van der Waals surface area contributed by atoms with Crippen LogP contribution in [0, 0.1) is 36.5 Å². The lowest BCUT2D eigenvalue weighted by molar-refractivity contribution is -0.116. The summed E-state index contributed by atoms with van der Waals surface area (Å²) < 4.78 is 0. The van der Waals surface area contributed by atoms with Crippen molar-refractivity contribution in [2.75, 3.05) is 0 Å². The maximum Gasteiger partial charge on any atom is 0.251 e. The zero-order valence-corrected chi connectivity index (χ0v) is 28.7. The summed E-state index contributed by atoms with van der Waals surface area (Å²) >= 11 is 0. The van der Waals surface area contributed by atoms with Crippen molar-refractivity contribution in [2.45, 2.75) is 93.2 Å². The van der Waals surface area contributed by atoms with E-state index in [0.717, 1.165) is 0 Å². The van der Waals surface area contributed by atoms with Crippen LogP contribution in [0.5, 0.6) is 5.75 Å². The number of allylic oxidation sites excluding steroid dienone is 6. The number of aliphatic hydroxyl groups is 4. The first-order valence-electron chi connectivity index (χ1n) is 16.1. The molecule has 9 atom stereocenters. The third kappa shape index (κ3) is 7.56. The SMILES string of the molecule is CC1=C/C=C/C(C)C(O)C(C)C(O)C(C)C(O)C(C)C(O)C(C)CC=C(C)C(=O)c2c(O)c(C)cc3c2C(=O)C(C)=C(NC1=O)C3=O. The Morgan fingerprint density at radius 2 is 1.26 bits per heavy atom. The fourth-order valence-corrected chi connectivity index (χ4v) is 6.33. The van der Waals surface area contributed by atoms with Crippen LogP contribution in [0.25, 0.3) is 0 Å². The quantitative estimate of drug-likeness (QED) is 0.240. The molecule has 0 spiro atoms. The second kappa shape index (κ2) is 15.0. The molecular weight excluding hydrogens is 602 g/mol. The van der Waals surface area contributed by atoms with Crippen molar-refractivity contribution in [3.05, 3.63) is 75.0 Å².